The van der Waals surface area contributed by atoms with Crippen molar-refractivity contribution in [1.82, 2.24) is 4.90 Å². The van der Waals surface area contributed by atoms with E-state index in [0.717, 1.165) is 0 Å². The van der Waals surface area contributed by atoms with E-state index in [1.165, 1.54) is 0 Å². The quantitative estimate of drug-likeness (QED) is 0.549. The molecule has 0 amide bonds. The van der Waals surface area contributed by atoms with E-state index in [9.17, 15) is 9.83 Å². The standard InChI is InChI=1S/C12H23N2O3P/c1-9(2)16-18(15,17-10(3)4)12(8-13)11(5)14(6)7/h9-10H,1-7H3/b12-11-. The Labute approximate surface area is 110 Å². The molecule has 0 saturated carbocycles. The van der Waals surface area contributed by atoms with E-state index >= 15 is 0 Å². The highest BCUT2D eigenvalue weighted by atomic mass is 31.2. The smallest absolute Gasteiger partial charge is 0.374 e. The van der Waals surface area contributed by atoms with Gasteiger partial charge in [-0.3, -0.25) is 4.57 Å². The van der Waals surface area contributed by atoms with Crippen LogP contribution in [-0.4, -0.2) is 31.2 Å². The molecular formula is C12H23N2O3P. The molecule has 0 rings (SSSR count). The summed E-state index contributed by atoms with van der Waals surface area (Å²) in [5.74, 6) is 0. The third-order valence-electron chi connectivity index (χ3n) is 2.09. The van der Waals surface area contributed by atoms with E-state index in [4.69, 9.17) is 9.05 Å². The van der Waals surface area contributed by atoms with Gasteiger partial charge in [0.1, 0.15) is 6.07 Å². The molecule has 0 aliphatic carbocycles. The Balaban J connectivity index is 5.63. The van der Waals surface area contributed by atoms with Gasteiger partial charge in [-0.05, 0) is 34.6 Å². The summed E-state index contributed by atoms with van der Waals surface area (Å²) in [7, 11) is -0.0159. The van der Waals surface area contributed by atoms with Gasteiger partial charge in [-0.2, -0.15) is 5.26 Å². The third-order valence-corrected chi connectivity index (χ3v) is 4.46. The highest BCUT2D eigenvalue weighted by Gasteiger charge is 2.35. The average Bonchev–Trinajstić information content (AvgIpc) is 2.14. The summed E-state index contributed by atoms with van der Waals surface area (Å²) in [6, 6.07) is 1.96. The first-order valence-corrected chi connectivity index (χ1v) is 7.44. The Hall–Kier alpha value is -0.820. The van der Waals surface area contributed by atoms with Crippen LogP contribution in [0.3, 0.4) is 0 Å². The number of rotatable bonds is 6. The van der Waals surface area contributed by atoms with Gasteiger partial charge in [0.2, 0.25) is 0 Å². The first-order valence-electron chi connectivity index (χ1n) is 5.89. The Morgan fingerprint density at radius 2 is 1.56 bits per heavy atom. The average molecular weight is 274 g/mol. The van der Waals surface area contributed by atoms with Gasteiger partial charge in [0, 0.05) is 19.8 Å². The van der Waals surface area contributed by atoms with E-state index in [-0.39, 0.29) is 17.5 Å². The summed E-state index contributed by atoms with van der Waals surface area (Å²) in [6.07, 6.45) is -0.569. The second kappa shape index (κ2) is 6.94. The lowest BCUT2D eigenvalue weighted by atomic mass is 10.4. The molecule has 0 aromatic carbocycles. The van der Waals surface area contributed by atoms with E-state index in [2.05, 4.69) is 0 Å². The van der Waals surface area contributed by atoms with Crippen molar-refractivity contribution >= 4 is 7.60 Å². The molecule has 0 spiro atoms. The zero-order chi connectivity index (χ0) is 14.5. The molecule has 0 aromatic rings. The van der Waals surface area contributed by atoms with E-state index < -0.39 is 7.60 Å². The fourth-order valence-electron chi connectivity index (χ4n) is 1.24. The summed E-state index contributed by atoms with van der Waals surface area (Å²) >= 11 is 0. The van der Waals surface area contributed by atoms with Gasteiger partial charge in [-0.25, -0.2) is 0 Å². The molecule has 0 aliphatic heterocycles. The van der Waals surface area contributed by atoms with Crippen LogP contribution in [0.2, 0.25) is 0 Å². The lowest BCUT2D eigenvalue weighted by Crippen LogP contribution is -2.15. The topological polar surface area (TPSA) is 62.6 Å². The van der Waals surface area contributed by atoms with Gasteiger partial charge in [0.05, 0.1) is 12.2 Å². The number of nitriles is 1. The normalized spacial score (nSPS) is 13.6. The van der Waals surface area contributed by atoms with Crippen LogP contribution in [0.15, 0.2) is 11.0 Å². The molecular weight excluding hydrogens is 251 g/mol. The Kier molecular flexibility index (Phi) is 6.62. The van der Waals surface area contributed by atoms with Gasteiger partial charge in [0.15, 0.2) is 5.31 Å². The molecule has 0 aromatic heterocycles. The minimum absolute atomic E-state index is 0.0647. The van der Waals surface area contributed by atoms with Crippen LogP contribution in [0.1, 0.15) is 34.6 Å². The number of hydrogen-bond acceptors (Lipinski definition) is 5. The molecule has 0 saturated heterocycles. The summed E-state index contributed by atoms with van der Waals surface area (Å²) in [4.78, 5) is 1.72. The van der Waals surface area contributed by atoms with Crippen LogP contribution in [0.25, 0.3) is 0 Å². The molecule has 6 heteroatoms. The number of nitrogens with zero attached hydrogens (tertiary/aromatic N) is 2. The predicted molar refractivity (Wildman–Crippen MR) is 72.0 cm³/mol. The van der Waals surface area contributed by atoms with E-state index in [1.807, 2.05) is 6.07 Å². The lowest BCUT2D eigenvalue weighted by molar-refractivity contribution is 0.147. The fourth-order valence-corrected chi connectivity index (χ4v) is 3.33. The second-order valence-corrected chi connectivity index (χ2v) is 6.61. The molecule has 0 fully saturated rings. The minimum atomic E-state index is -3.57. The van der Waals surface area contributed by atoms with Crippen molar-refractivity contribution in [1.29, 1.82) is 5.26 Å². The lowest BCUT2D eigenvalue weighted by Gasteiger charge is -2.25. The largest absolute Gasteiger partial charge is 0.380 e. The molecule has 5 nitrogen and oxygen atoms in total. The van der Waals surface area contributed by atoms with Crippen LogP contribution in [0.4, 0.5) is 0 Å². The molecule has 0 bridgehead atoms. The molecule has 18 heavy (non-hydrogen) atoms. The Bertz CT molecular complexity index is 381. The van der Waals surface area contributed by atoms with Gasteiger partial charge in [-0.1, -0.05) is 0 Å². The second-order valence-electron chi connectivity index (χ2n) is 4.75. The molecule has 0 aliphatic rings. The molecule has 0 radical (unpaired) electrons. The summed E-state index contributed by atoms with van der Waals surface area (Å²) < 4.78 is 23.6. The molecule has 104 valence electrons. The highest BCUT2D eigenvalue weighted by Crippen LogP contribution is 2.58. The van der Waals surface area contributed by atoms with Crippen LogP contribution in [0, 0.1) is 11.3 Å². The van der Waals surface area contributed by atoms with Crippen molar-refractivity contribution in [2.75, 3.05) is 14.1 Å². The van der Waals surface area contributed by atoms with Crippen LogP contribution in [0.5, 0.6) is 0 Å². The Morgan fingerprint density at radius 3 is 1.78 bits per heavy atom. The molecule has 0 heterocycles. The van der Waals surface area contributed by atoms with E-state index in [0.29, 0.717) is 5.70 Å². The molecule has 0 unspecified atom stereocenters. The zero-order valence-electron chi connectivity index (χ0n) is 12.2. The van der Waals surface area contributed by atoms with Crippen molar-refractivity contribution in [3.8, 4) is 6.07 Å². The summed E-state index contributed by atoms with van der Waals surface area (Å²) in [5.41, 5.74) is 0.585. The molecule has 0 N–H and O–H groups in total. The van der Waals surface area contributed by atoms with E-state index in [1.54, 1.807) is 53.6 Å². The van der Waals surface area contributed by atoms with Gasteiger partial charge < -0.3 is 13.9 Å². The van der Waals surface area contributed by atoms with Crippen LogP contribution < -0.4 is 0 Å². The summed E-state index contributed by atoms with van der Waals surface area (Å²) in [5, 5.41) is 9.30. The van der Waals surface area contributed by atoms with Crippen molar-refractivity contribution < 1.29 is 13.6 Å². The zero-order valence-corrected chi connectivity index (χ0v) is 13.1. The number of allylic oxidation sites excluding steroid dienone is 2. The number of hydrogen-bond donors (Lipinski definition) is 0. The highest BCUT2D eigenvalue weighted by molar-refractivity contribution is 7.59. The maximum absolute atomic E-state index is 12.8. The van der Waals surface area contributed by atoms with Gasteiger partial charge in [-0.15, -0.1) is 0 Å². The third kappa shape index (κ3) is 4.81. The fraction of sp³-hybridized carbons (Fsp3) is 0.750. The predicted octanol–water partition coefficient (Wildman–Crippen LogP) is 3.35. The van der Waals surface area contributed by atoms with Crippen molar-refractivity contribution in [3.63, 3.8) is 0 Å². The maximum Gasteiger partial charge on any atom is 0.374 e. The Morgan fingerprint density at radius 1 is 1.17 bits per heavy atom. The van der Waals surface area contributed by atoms with Gasteiger partial charge >= 0.3 is 7.60 Å². The van der Waals surface area contributed by atoms with Crippen molar-refractivity contribution in [2.45, 2.75) is 46.8 Å². The van der Waals surface area contributed by atoms with Gasteiger partial charge in [0.25, 0.3) is 0 Å². The minimum Gasteiger partial charge on any atom is -0.380 e. The van der Waals surface area contributed by atoms with Crippen LogP contribution >= 0.6 is 7.60 Å². The van der Waals surface area contributed by atoms with Crippen molar-refractivity contribution in [2.24, 2.45) is 0 Å². The molecule has 0 atom stereocenters. The van der Waals surface area contributed by atoms with Crippen molar-refractivity contribution in [3.05, 3.63) is 11.0 Å². The SMILES string of the molecule is C/C(=C(\C#N)P(=O)(OC(C)C)OC(C)C)N(C)C. The maximum atomic E-state index is 12.8. The summed E-state index contributed by atoms with van der Waals surface area (Å²) in [6.45, 7) is 8.76. The monoisotopic (exact) mass is 274 g/mol. The first kappa shape index (κ1) is 17.2. The van der Waals surface area contributed by atoms with Crippen LogP contribution in [-0.2, 0) is 13.6 Å². The first-order chi connectivity index (χ1) is 8.14.